The molecule has 0 spiro atoms. The van der Waals surface area contributed by atoms with E-state index in [1.165, 1.54) is 32.1 Å². The Balaban J connectivity index is 1.58. The molecule has 134 valence electrons. The fourth-order valence-electron chi connectivity index (χ4n) is 7.39. The number of fused-ring (bicyclic) bond motifs is 5. The largest absolute Gasteiger partial charge is 0.462 e. The molecule has 0 N–H and O–H groups in total. The maximum absolute atomic E-state index is 12.0. The molecule has 0 radical (unpaired) electrons. The van der Waals surface area contributed by atoms with Crippen molar-refractivity contribution in [3.8, 4) is 0 Å². The van der Waals surface area contributed by atoms with Gasteiger partial charge in [0.25, 0.3) is 0 Å². The van der Waals surface area contributed by atoms with Crippen LogP contribution < -0.4 is 0 Å². The lowest BCUT2D eigenvalue weighted by atomic mass is 9.45. The Labute approximate surface area is 145 Å². The van der Waals surface area contributed by atoms with Gasteiger partial charge in [0.15, 0.2) is 0 Å². The average molecular weight is 332 g/mol. The number of hydrogen-bond donors (Lipinski definition) is 0. The molecule has 0 unspecified atom stereocenters. The van der Waals surface area contributed by atoms with Crippen LogP contribution in [0.15, 0.2) is 0 Å². The van der Waals surface area contributed by atoms with Gasteiger partial charge in [-0.05, 0) is 74.0 Å². The molecule has 4 fully saturated rings. The predicted molar refractivity (Wildman–Crippen MR) is 92.3 cm³/mol. The smallest absolute Gasteiger partial charge is 0.302 e. The number of Topliss-reactive ketones (excluding diaryl/α,β-unsaturated/α-hetero) is 1. The van der Waals surface area contributed by atoms with Crippen molar-refractivity contribution in [1.82, 2.24) is 0 Å². The van der Waals surface area contributed by atoms with Gasteiger partial charge in [-0.2, -0.15) is 0 Å². The summed E-state index contributed by atoms with van der Waals surface area (Å²) in [5.41, 5.74) is 0.554. The summed E-state index contributed by atoms with van der Waals surface area (Å²) in [7, 11) is 0. The first-order valence-corrected chi connectivity index (χ1v) is 10.0. The quantitative estimate of drug-likeness (QED) is 0.663. The maximum Gasteiger partial charge on any atom is 0.302 e. The van der Waals surface area contributed by atoms with E-state index in [0.717, 1.165) is 37.5 Å². The van der Waals surface area contributed by atoms with Gasteiger partial charge in [-0.1, -0.05) is 13.8 Å². The minimum absolute atomic E-state index is 0.120. The Morgan fingerprint density at radius 3 is 2.50 bits per heavy atom. The van der Waals surface area contributed by atoms with Crippen LogP contribution in [0.3, 0.4) is 0 Å². The summed E-state index contributed by atoms with van der Waals surface area (Å²) in [5, 5.41) is 0. The molecule has 4 saturated carbocycles. The van der Waals surface area contributed by atoms with E-state index >= 15 is 0 Å². The third-order valence-corrected chi connectivity index (χ3v) is 8.70. The Kier molecular flexibility index (Phi) is 3.85. The molecule has 0 heterocycles. The van der Waals surface area contributed by atoms with E-state index in [1.54, 1.807) is 6.92 Å². The van der Waals surface area contributed by atoms with Gasteiger partial charge in [0, 0.05) is 25.2 Å². The highest BCUT2D eigenvalue weighted by molar-refractivity contribution is 5.79. The number of carbonyl (C=O) groups excluding carboxylic acids is 2. The number of ketones is 1. The molecule has 0 aromatic heterocycles. The molecule has 4 aliphatic rings. The highest BCUT2D eigenvalue weighted by Crippen LogP contribution is 2.66. The van der Waals surface area contributed by atoms with Crippen molar-refractivity contribution in [1.29, 1.82) is 0 Å². The monoisotopic (exact) mass is 332 g/mol. The molecule has 0 saturated heterocycles. The SMILES string of the molecule is CC(=O)O[C@H]1CC[C@@H]2[C@@H]3CC[C@H]4CC(=O)CC[C@]4(C)[C@@H]3CC[C@@]12C. The van der Waals surface area contributed by atoms with Crippen molar-refractivity contribution in [3.05, 3.63) is 0 Å². The Bertz CT molecular complexity index is 555. The molecule has 0 amide bonds. The summed E-state index contributed by atoms with van der Waals surface area (Å²) < 4.78 is 5.73. The first kappa shape index (κ1) is 16.6. The lowest BCUT2D eigenvalue weighted by Gasteiger charge is -2.60. The van der Waals surface area contributed by atoms with Gasteiger partial charge in [-0.3, -0.25) is 9.59 Å². The summed E-state index contributed by atoms with van der Waals surface area (Å²) in [6.45, 7) is 6.42. The predicted octanol–water partition coefficient (Wildman–Crippen LogP) is 4.53. The second-order valence-electron chi connectivity index (χ2n) is 9.62. The van der Waals surface area contributed by atoms with Crippen molar-refractivity contribution in [2.75, 3.05) is 0 Å². The average Bonchev–Trinajstić information content (AvgIpc) is 2.84. The van der Waals surface area contributed by atoms with Gasteiger partial charge < -0.3 is 4.74 Å². The number of esters is 1. The van der Waals surface area contributed by atoms with Gasteiger partial charge in [-0.15, -0.1) is 0 Å². The zero-order valence-corrected chi connectivity index (χ0v) is 15.5. The standard InChI is InChI=1S/C21H32O3/c1-13(22)24-19-7-6-17-16-5-4-14-12-15(23)8-10-20(14,2)18(16)9-11-21(17,19)3/h14,16-19H,4-12H2,1-3H3/t14-,16-,17+,18+,19-,20-,21+/m0/s1. The van der Waals surface area contributed by atoms with Crippen molar-refractivity contribution >= 4 is 11.8 Å². The van der Waals surface area contributed by atoms with Crippen LogP contribution in [-0.2, 0) is 14.3 Å². The fourth-order valence-corrected chi connectivity index (χ4v) is 7.39. The first-order valence-electron chi connectivity index (χ1n) is 10.0. The van der Waals surface area contributed by atoms with Crippen molar-refractivity contribution < 1.29 is 14.3 Å². The minimum atomic E-state index is -0.120. The lowest BCUT2D eigenvalue weighted by Crippen LogP contribution is -2.54. The van der Waals surface area contributed by atoms with Crippen LogP contribution in [0.2, 0.25) is 0 Å². The van der Waals surface area contributed by atoms with E-state index in [2.05, 4.69) is 13.8 Å². The third-order valence-electron chi connectivity index (χ3n) is 8.70. The highest BCUT2D eigenvalue weighted by atomic mass is 16.5. The van der Waals surface area contributed by atoms with Gasteiger partial charge in [-0.25, -0.2) is 0 Å². The molecular weight excluding hydrogens is 300 g/mol. The summed E-state index contributed by atoms with van der Waals surface area (Å²) >= 11 is 0. The molecule has 4 aliphatic carbocycles. The molecule has 3 heteroatoms. The third kappa shape index (κ3) is 2.29. The van der Waals surface area contributed by atoms with E-state index in [-0.39, 0.29) is 17.5 Å². The van der Waals surface area contributed by atoms with Crippen LogP contribution in [0.5, 0.6) is 0 Å². The van der Waals surface area contributed by atoms with E-state index in [0.29, 0.717) is 23.0 Å². The Hall–Kier alpha value is -0.860. The molecular formula is C21H32O3. The number of ether oxygens (including phenoxy) is 1. The van der Waals surface area contributed by atoms with E-state index in [1.807, 2.05) is 0 Å². The lowest BCUT2D eigenvalue weighted by molar-refractivity contribution is -0.162. The molecule has 24 heavy (non-hydrogen) atoms. The summed E-state index contributed by atoms with van der Waals surface area (Å²) in [6.07, 6.45) is 10.1. The molecule has 0 aromatic carbocycles. The van der Waals surface area contributed by atoms with E-state index in [9.17, 15) is 9.59 Å². The second kappa shape index (κ2) is 5.57. The topological polar surface area (TPSA) is 43.4 Å². The molecule has 7 atom stereocenters. The zero-order chi connectivity index (χ0) is 17.1. The minimum Gasteiger partial charge on any atom is -0.462 e. The number of hydrogen-bond acceptors (Lipinski definition) is 3. The molecule has 0 aliphatic heterocycles. The number of carbonyl (C=O) groups is 2. The van der Waals surface area contributed by atoms with Crippen LogP contribution in [0.25, 0.3) is 0 Å². The van der Waals surface area contributed by atoms with Crippen molar-refractivity contribution in [3.63, 3.8) is 0 Å². The summed E-state index contributed by atoms with van der Waals surface area (Å²) in [5.74, 6) is 3.25. The van der Waals surface area contributed by atoms with E-state index in [4.69, 9.17) is 4.74 Å². The first-order chi connectivity index (χ1) is 11.3. The maximum atomic E-state index is 12.0. The fraction of sp³-hybridized carbons (Fsp3) is 0.905. The van der Waals surface area contributed by atoms with Crippen LogP contribution in [0.4, 0.5) is 0 Å². The van der Waals surface area contributed by atoms with Crippen molar-refractivity contribution in [2.24, 2.45) is 34.5 Å². The Morgan fingerprint density at radius 1 is 1.00 bits per heavy atom. The van der Waals surface area contributed by atoms with Crippen LogP contribution in [0.1, 0.15) is 78.6 Å². The number of rotatable bonds is 1. The molecule has 3 nitrogen and oxygen atoms in total. The second-order valence-corrected chi connectivity index (χ2v) is 9.62. The van der Waals surface area contributed by atoms with Gasteiger partial charge in [0.2, 0.25) is 0 Å². The molecule has 0 bridgehead atoms. The summed E-state index contributed by atoms with van der Waals surface area (Å²) in [4.78, 5) is 23.5. The van der Waals surface area contributed by atoms with Crippen LogP contribution >= 0.6 is 0 Å². The zero-order valence-electron chi connectivity index (χ0n) is 15.5. The van der Waals surface area contributed by atoms with Crippen molar-refractivity contribution in [2.45, 2.75) is 84.7 Å². The molecule has 4 rings (SSSR count). The molecule has 0 aromatic rings. The van der Waals surface area contributed by atoms with Gasteiger partial charge >= 0.3 is 5.97 Å². The Morgan fingerprint density at radius 2 is 1.75 bits per heavy atom. The normalized spacial score (nSPS) is 50.6. The van der Waals surface area contributed by atoms with E-state index < -0.39 is 0 Å². The van der Waals surface area contributed by atoms with Gasteiger partial charge in [0.1, 0.15) is 11.9 Å². The highest BCUT2D eigenvalue weighted by Gasteiger charge is 2.60. The van der Waals surface area contributed by atoms with Crippen LogP contribution in [0, 0.1) is 34.5 Å². The van der Waals surface area contributed by atoms with Gasteiger partial charge in [0.05, 0.1) is 0 Å². The summed E-state index contributed by atoms with van der Waals surface area (Å²) in [6, 6.07) is 0. The van der Waals surface area contributed by atoms with Crippen LogP contribution in [-0.4, -0.2) is 17.9 Å².